The molecule has 1 atom stereocenters. The van der Waals surface area contributed by atoms with Gasteiger partial charge in [-0.25, -0.2) is 4.21 Å². The molecular weight excluding hydrogens is 158 g/mol. The van der Waals surface area contributed by atoms with Crippen LogP contribution in [-0.4, -0.2) is 9.19 Å². The largest absolute Gasteiger partial charge is 0.260 e. The van der Waals surface area contributed by atoms with E-state index in [1.54, 1.807) is 11.6 Å². The SMILES string of the molecule is Cc1nccc2c1S(=O)C=C2. The van der Waals surface area contributed by atoms with Crippen LogP contribution in [-0.2, 0) is 10.8 Å². The smallest absolute Gasteiger partial charge is 0.0800 e. The van der Waals surface area contributed by atoms with E-state index in [0.29, 0.717) is 0 Å². The van der Waals surface area contributed by atoms with E-state index in [-0.39, 0.29) is 0 Å². The molecule has 0 spiro atoms. The fourth-order valence-electron chi connectivity index (χ4n) is 1.17. The van der Waals surface area contributed by atoms with Gasteiger partial charge in [0.1, 0.15) is 0 Å². The number of aryl methyl sites for hydroxylation is 1. The molecule has 1 aromatic rings. The van der Waals surface area contributed by atoms with E-state index >= 15 is 0 Å². The molecule has 0 aromatic carbocycles. The molecule has 1 aliphatic rings. The topological polar surface area (TPSA) is 30.0 Å². The van der Waals surface area contributed by atoms with Gasteiger partial charge in [0, 0.05) is 11.6 Å². The summed E-state index contributed by atoms with van der Waals surface area (Å²) in [6, 6.07) is 1.88. The summed E-state index contributed by atoms with van der Waals surface area (Å²) in [6.07, 6.45) is 3.61. The van der Waals surface area contributed by atoms with Gasteiger partial charge in [0.05, 0.1) is 21.4 Å². The van der Waals surface area contributed by atoms with E-state index in [2.05, 4.69) is 4.98 Å². The lowest BCUT2D eigenvalue weighted by Gasteiger charge is -1.98. The summed E-state index contributed by atoms with van der Waals surface area (Å²) in [5, 5.41) is 1.69. The molecule has 1 unspecified atom stereocenters. The third-order valence-electron chi connectivity index (χ3n) is 1.69. The molecule has 56 valence electrons. The Morgan fingerprint density at radius 1 is 1.55 bits per heavy atom. The monoisotopic (exact) mass is 165 g/mol. The molecule has 1 aliphatic heterocycles. The zero-order valence-corrected chi connectivity index (χ0v) is 6.89. The molecule has 0 bridgehead atoms. The minimum absolute atomic E-state index is 0.867. The van der Waals surface area contributed by atoms with Crippen LogP contribution >= 0.6 is 0 Å². The molecule has 2 heterocycles. The van der Waals surface area contributed by atoms with Gasteiger partial charge in [-0.2, -0.15) is 0 Å². The number of fused-ring (bicyclic) bond motifs is 1. The Morgan fingerprint density at radius 3 is 3.09 bits per heavy atom. The minimum atomic E-state index is -0.952. The lowest BCUT2D eigenvalue weighted by Crippen LogP contribution is -1.91. The van der Waals surface area contributed by atoms with E-state index in [9.17, 15) is 4.21 Å². The van der Waals surface area contributed by atoms with Crippen LogP contribution in [0.5, 0.6) is 0 Å². The molecule has 0 saturated carbocycles. The third-order valence-corrected chi connectivity index (χ3v) is 3.00. The molecular formula is C8H7NOS. The van der Waals surface area contributed by atoms with E-state index in [0.717, 1.165) is 16.2 Å². The van der Waals surface area contributed by atoms with E-state index < -0.39 is 10.8 Å². The Balaban J connectivity index is 2.74. The van der Waals surface area contributed by atoms with Crippen LogP contribution in [0.3, 0.4) is 0 Å². The molecule has 0 N–H and O–H groups in total. The summed E-state index contributed by atoms with van der Waals surface area (Å²) in [7, 11) is -0.952. The van der Waals surface area contributed by atoms with Gasteiger partial charge in [-0.05, 0) is 24.6 Å². The highest BCUT2D eigenvalue weighted by Gasteiger charge is 2.14. The summed E-state index contributed by atoms with van der Waals surface area (Å²) in [5.41, 5.74) is 1.90. The number of hydrogen-bond acceptors (Lipinski definition) is 2. The van der Waals surface area contributed by atoms with Crippen molar-refractivity contribution >= 4 is 16.9 Å². The lowest BCUT2D eigenvalue weighted by molar-refractivity contribution is 0.688. The Hall–Kier alpha value is -0.960. The van der Waals surface area contributed by atoms with Crippen LogP contribution in [0.2, 0.25) is 0 Å². The van der Waals surface area contributed by atoms with Gasteiger partial charge in [-0.3, -0.25) is 4.98 Å². The second-order valence-corrected chi connectivity index (χ2v) is 3.69. The first-order valence-corrected chi connectivity index (χ1v) is 4.55. The standard InChI is InChI=1S/C8H7NOS/c1-6-8-7(2-4-9-6)3-5-11(8)10/h2-5H,1H3. The molecule has 3 heteroatoms. The van der Waals surface area contributed by atoms with Crippen LogP contribution < -0.4 is 0 Å². The zero-order valence-electron chi connectivity index (χ0n) is 6.07. The van der Waals surface area contributed by atoms with Crippen LogP contribution in [0.25, 0.3) is 6.08 Å². The second-order valence-electron chi connectivity index (χ2n) is 2.41. The Bertz CT molecular complexity index is 357. The molecule has 0 radical (unpaired) electrons. The number of hydrogen-bond donors (Lipinski definition) is 0. The van der Waals surface area contributed by atoms with Crippen molar-refractivity contribution in [3.8, 4) is 0 Å². The normalized spacial score (nSPS) is 20.3. The molecule has 2 nitrogen and oxygen atoms in total. The molecule has 0 fully saturated rings. The predicted octanol–water partition coefficient (Wildman–Crippen LogP) is 1.48. The van der Waals surface area contributed by atoms with Gasteiger partial charge in [0.15, 0.2) is 0 Å². The molecule has 2 rings (SSSR count). The van der Waals surface area contributed by atoms with Crippen LogP contribution in [0.15, 0.2) is 22.6 Å². The lowest BCUT2D eigenvalue weighted by atomic mass is 10.2. The molecule has 0 aliphatic carbocycles. The number of nitrogens with zero attached hydrogens (tertiary/aromatic N) is 1. The first-order chi connectivity index (χ1) is 5.29. The molecule has 11 heavy (non-hydrogen) atoms. The van der Waals surface area contributed by atoms with Gasteiger partial charge in [0.2, 0.25) is 0 Å². The Kier molecular flexibility index (Phi) is 1.39. The van der Waals surface area contributed by atoms with Crippen LogP contribution in [0.4, 0.5) is 0 Å². The van der Waals surface area contributed by atoms with Crippen molar-refractivity contribution in [2.45, 2.75) is 11.8 Å². The second kappa shape index (κ2) is 2.27. The van der Waals surface area contributed by atoms with Gasteiger partial charge in [-0.1, -0.05) is 0 Å². The molecule has 1 aromatic heterocycles. The van der Waals surface area contributed by atoms with Crippen molar-refractivity contribution in [2.75, 3.05) is 0 Å². The summed E-state index contributed by atoms with van der Waals surface area (Å²) in [4.78, 5) is 4.94. The predicted molar refractivity (Wildman–Crippen MR) is 44.4 cm³/mol. The quantitative estimate of drug-likeness (QED) is 0.583. The average Bonchev–Trinajstić information content (AvgIpc) is 2.34. The fourth-order valence-corrected chi connectivity index (χ4v) is 2.29. The molecule has 0 saturated heterocycles. The summed E-state index contributed by atoms with van der Waals surface area (Å²) >= 11 is 0. The van der Waals surface area contributed by atoms with Crippen molar-refractivity contribution < 1.29 is 4.21 Å². The van der Waals surface area contributed by atoms with Crippen LogP contribution in [0, 0.1) is 6.92 Å². The maximum atomic E-state index is 11.3. The zero-order chi connectivity index (χ0) is 7.84. The van der Waals surface area contributed by atoms with Gasteiger partial charge in [0.25, 0.3) is 0 Å². The molecule has 0 amide bonds. The van der Waals surface area contributed by atoms with Crippen molar-refractivity contribution in [3.05, 3.63) is 28.9 Å². The Labute approximate surface area is 67.4 Å². The van der Waals surface area contributed by atoms with Crippen molar-refractivity contribution in [2.24, 2.45) is 0 Å². The maximum Gasteiger partial charge on any atom is 0.0800 e. The average molecular weight is 165 g/mol. The van der Waals surface area contributed by atoms with E-state index in [1.165, 1.54) is 0 Å². The van der Waals surface area contributed by atoms with E-state index in [4.69, 9.17) is 0 Å². The minimum Gasteiger partial charge on any atom is -0.260 e. The van der Waals surface area contributed by atoms with Gasteiger partial charge < -0.3 is 0 Å². The Morgan fingerprint density at radius 2 is 2.36 bits per heavy atom. The van der Waals surface area contributed by atoms with Crippen molar-refractivity contribution in [3.63, 3.8) is 0 Å². The number of pyridine rings is 1. The van der Waals surface area contributed by atoms with Crippen LogP contribution in [0.1, 0.15) is 11.3 Å². The first-order valence-electron chi connectivity index (χ1n) is 3.33. The summed E-state index contributed by atoms with van der Waals surface area (Å²) in [6.45, 7) is 1.88. The van der Waals surface area contributed by atoms with Crippen molar-refractivity contribution in [1.82, 2.24) is 4.98 Å². The highest BCUT2D eigenvalue weighted by atomic mass is 32.2. The highest BCUT2D eigenvalue weighted by molar-refractivity contribution is 7.88. The maximum absolute atomic E-state index is 11.3. The van der Waals surface area contributed by atoms with E-state index in [1.807, 2.05) is 19.1 Å². The van der Waals surface area contributed by atoms with Gasteiger partial charge in [-0.15, -0.1) is 0 Å². The number of aromatic nitrogens is 1. The first kappa shape index (κ1) is 6.73. The highest BCUT2D eigenvalue weighted by Crippen LogP contribution is 2.24. The third kappa shape index (κ3) is 0.922. The van der Waals surface area contributed by atoms with Gasteiger partial charge >= 0.3 is 0 Å². The summed E-state index contributed by atoms with van der Waals surface area (Å²) in [5.74, 6) is 0. The summed E-state index contributed by atoms with van der Waals surface area (Å²) < 4.78 is 11.3. The van der Waals surface area contributed by atoms with Crippen molar-refractivity contribution in [1.29, 1.82) is 0 Å². The number of rotatable bonds is 0. The fraction of sp³-hybridized carbons (Fsp3) is 0.125.